The third-order valence-electron chi connectivity index (χ3n) is 7.08. The fraction of sp³-hybridized carbons (Fsp3) is 0.440. The average Bonchev–Trinajstić information content (AvgIpc) is 3.40. The number of rotatable bonds is 5. The Bertz CT molecular complexity index is 1330. The van der Waals surface area contributed by atoms with Crippen molar-refractivity contribution in [2.75, 3.05) is 20.2 Å². The van der Waals surface area contributed by atoms with Crippen LogP contribution in [0.15, 0.2) is 24.5 Å². The lowest BCUT2D eigenvalue weighted by Crippen LogP contribution is -2.38. The maximum atomic E-state index is 13.0. The number of fused-ring (bicyclic) bond motifs is 2. The predicted molar refractivity (Wildman–Crippen MR) is 128 cm³/mol. The highest BCUT2D eigenvalue weighted by atomic mass is 16.5. The summed E-state index contributed by atoms with van der Waals surface area (Å²) in [5.41, 5.74) is 6.23. The smallest absolute Gasteiger partial charge is 0.242 e. The van der Waals surface area contributed by atoms with Gasteiger partial charge in [-0.2, -0.15) is 0 Å². The summed E-state index contributed by atoms with van der Waals surface area (Å²) in [7, 11) is 3.50. The van der Waals surface area contributed by atoms with Crippen LogP contribution in [0.4, 0.5) is 0 Å². The third kappa shape index (κ3) is 3.73. The molecule has 0 unspecified atom stereocenters. The zero-order valence-corrected chi connectivity index (χ0v) is 19.7. The van der Waals surface area contributed by atoms with E-state index < -0.39 is 0 Å². The van der Waals surface area contributed by atoms with Crippen LogP contribution in [0.5, 0.6) is 5.88 Å². The molecule has 4 aromatic heterocycles. The Labute approximate surface area is 193 Å². The van der Waals surface area contributed by atoms with Gasteiger partial charge in [0.2, 0.25) is 11.8 Å². The molecule has 1 N–H and O–H groups in total. The van der Waals surface area contributed by atoms with Crippen molar-refractivity contribution in [3.63, 3.8) is 0 Å². The standard InChI is InChI=1S/C25H30N6O2/c1-15-18(16(2)28-24-22(15)25(33-4)29-30(24)3)7-8-21(32)31-12-9-17(10-13-31)20-14-27-23-19(20)6-5-11-26-23/h5-6,11,14,17H,7-10,12-13H2,1-4H3,(H,26,27). The van der Waals surface area contributed by atoms with E-state index in [2.05, 4.69) is 34.3 Å². The fourth-order valence-electron chi connectivity index (χ4n) is 5.25. The van der Waals surface area contributed by atoms with Gasteiger partial charge in [0, 0.05) is 50.0 Å². The van der Waals surface area contributed by atoms with Crippen molar-refractivity contribution >= 4 is 28.0 Å². The molecule has 0 atom stereocenters. The summed E-state index contributed by atoms with van der Waals surface area (Å²) >= 11 is 0. The molecule has 8 nitrogen and oxygen atoms in total. The summed E-state index contributed by atoms with van der Waals surface area (Å²) in [6.07, 6.45) is 7.01. The van der Waals surface area contributed by atoms with Crippen LogP contribution in [0.2, 0.25) is 0 Å². The number of piperidine rings is 1. The molecule has 0 spiro atoms. The molecule has 5 rings (SSSR count). The number of pyridine rings is 2. The van der Waals surface area contributed by atoms with Gasteiger partial charge in [0.25, 0.3) is 0 Å². The quantitative estimate of drug-likeness (QED) is 0.504. The summed E-state index contributed by atoms with van der Waals surface area (Å²) in [6, 6.07) is 4.11. The molecule has 0 radical (unpaired) electrons. The first-order valence-corrected chi connectivity index (χ1v) is 11.5. The van der Waals surface area contributed by atoms with Crippen LogP contribution in [0, 0.1) is 13.8 Å². The molecular formula is C25H30N6O2. The number of likely N-dealkylation sites (tertiary alicyclic amines) is 1. The largest absolute Gasteiger partial charge is 0.479 e. The molecule has 0 saturated carbocycles. The average molecular weight is 447 g/mol. The zero-order chi connectivity index (χ0) is 23.1. The van der Waals surface area contributed by atoms with Crippen molar-refractivity contribution in [3.05, 3.63) is 46.9 Å². The summed E-state index contributed by atoms with van der Waals surface area (Å²) in [5.74, 6) is 1.26. The van der Waals surface area contributed by atoms with E-state index in [0.717, 1.165) is 59.4 Å². The second kappa shape index (κ2) is 8.50. The van der Waals surface area contributed by atoms with Gasteiger partial charge in [0.05, 0.1) is 12.5 Å². The number of H-pyrrole nitrogens is 1. The van der Waals surface area contributed by atoms with Crippen molar-refractivity contribution in [1.29, 1.82) is 0 Å². The number of hydrogen-bond donors (Lipinski definition) is 1. The lowest BCUT2D eigenvalue weighted by Gasteiger charge is -2.32. The molecule has 1 amide bonds. The first-order valence-electron chi connectivity index (χ1n) is 11.5. The first kappa shape index (κ1) is 21.4. The van der Waals surface area contributed by atoms with Crippen LogP contribution in [0.25, 0.3) is 22.1 Å². The minimum atomic E-state index is 0.214. The highest BCUT2D eigenvalue weighted by Gasteiger charge is 2.26. The van der Waals surface area contributed by atoms with Crippen molar-refractivity contribution in [1.82, 2.24) is 29.6 Å². The van der Waals surface area contributed by atoms with E-state index in [-0.39, 0.29) is 5.91 Å². The Morgan fingerprint density at radius 2 is 2.06 bits per heavy atom. The Balaban J connectivity index is 1.25. The van der Waals surface area contributed by atoms with Gasteiger partial charge in [-0.15, -0.1) is 5.10 Å². The van der Waals surface area contributed by atoms with Gasteiger partial charge in [-0.1, -0.05) is 0 Å². The number of aromatic amines is 1. The van der Waals surface area contributed by atoms with Gasteiger partial charge in [-0.25, -0.2) is 14.6 Å². The first-order chi connectivity index (χ1) is 16.0. The number of nitrogens with one attached hydrogen (secondary N) is 1. The van der Waals surface area contributed by atoms with Gasteiger partial charge in [-0.05, 0) is 67.9 Å². The number of hydrogen-bond acceptors (Lipinski definition) is 5. The number of carbonyl (C=O) groups excluding carboxylic acids is 1. The number of aromatic nitrogens is 5. The Morgan fingerprint density at radius 1 is 1.27 bits per heavy atom. The minimum absolute atomic E-state index is 0.214. The van der Waals surface area contributed by atoms with E-state index in [1.54, 1.807) is 11.8 Å². The van der Waals surface area contributed by atoms with Gasteiger partial charge in [0.15, 0.2) is 5.65 Å². The topological polar surface area (TPSA) is 88.9 Å². The zero-order valence-electron chi connectivity index (χ0n) is 19.7. The Kier molecular flexibility index (Phi) is 5.52. The van der Waals surface area contributed by atoms with E-state index in [0.29, 0.717) is 24.6 Å². The molecule has 1 aliphatic rings. The molecule has 33 heavy (non-hydrogen) atoms. The van der Waals surface area contributed by atoms with Crippen molar-refractivity contribution < 1.29 is 9.53 Å². The lowest BCUT2D eigenvalue weighted by atomic mass is 9.89. The van der Waals surface area contributed by atoms with Gasteiger partial charge in [0.1, 0.15) is 5.65 Å². The molecule has 0 aliphatic carbocycles. The van der Waals surface area contributed by atoms with E-state index in [4.69, 9.17) is 9.72 Å². The van der Waals surface area contributed by atoms with E-state index in [9.17, 15) is 4.79 Å². The van der Waals surface area contributed by atoms with Gasteiger partial charge >= 0.3 is 0 Å². The van der Waals surface area contributed by atoms with Gasteiger partial charge < -0.3 is 14.6 Å². The number of aryl methyl sites for hydroxylation is 3. The predicted octanol–water partition coefficient (Wildman–Crippen LogP) is 3.81. The van der Waals surface area contributed by atoms with E-state index >= 15 is 0 Å². The number of ether oxygens (including phenoxy) is 1. The maximum absolute atomic E-state index is 13.0. The Morgan fingerprint density at radius 3 is 2.82 bits per heavy atom. The summed E-state index contributed by atoms with van der Waals surface area (Å²) in [5, 5.41) is 6.55. The molecule has 4 aromatic rings. The van der Waals surface area contributed by atoms with Crippen molar-refractivity contribution in [2.24, 2.45) is 7.05 Å². The number of nitrogens with zero attached hydrogens (tertiary/aromatic N) is 5. The second-order valence-electron chi connectivity index (χ2n) is 8.93. The van der Waals surface area contributed by atoms with Crippen LogP contribution in [-0.2, 0) is 18.3 Å². The number of methoxy groups -OCH3 is 1. The molecular weight excluding hydrogens is 416 g/mol. The molecule has 1 saturated heterocycles. The molecule has 8 heteroatoms. The van der Waals surface area contributed by atoms with E-state index in [1.807, 2.05) is 31.1 Å². The summed E-state index contributed by atoms with van der Waals surface area (Å²) < 4.78 is 7.21. The SMILES string of the molecule is COc1nn(C)c2nc(C)c(CCC(=O)N3CCC(c4c[nH]c5ncccc45)CC3)c(C)c12. The minimum Gasteiger partial charge on any atom is -0.479 e. The summed E-state index contributed by atoms with van der Waals surface area (Å²) in [6.45, 7) is 5.67. The van der Waals surface area contributed by atoms with Crippen LogP contribution in [0.1, 0.15) is 47.6 Å². The van der Waals surface area contributed by atoms with E-state index in [1.165, 1.54) is 10.9 Å². The lowest BCUT2D eigenvalue weighted by molar-refractivity contribution is -0.132. The van der Waals surface area contributed by atoms with Crippen LogP contribution in [-0.4, -0.2) is 55.7 Å². The molecule has 0 bridgehead atoms. The highest BCUT2D eigenvalue weighted by Crippen LogP contribution is 2.33. The molecule has 172 valence electrons. The number of amides is 1. The molecule has 0 aromatic carbocycles. The van der Waals surface area contributed by atoms with Crippen LogP contribution < -0.4 is 4.74 Å². The monoisotopic (exact) mass is 446 g/mol. The highest BCUT2D eigenvalue weighted by molar-refractivity contribution is 5.86. The van der Waals surface area contributed by atoms with Crippen LogP contribution >= 0.6 is 0 Å². The number of carbonyl (C=O) groups is 1. The Hall–Kier alpha value is -3.42. The summed E-state index contributed by atoms with van der Waals surface area (Å²) in [4.78, 5) is 27.5. The molecule has 1 fully saturated rings. The fourth-order valence-corrected chi connectivity index (χ4v) is 5.25. The molecule has 1 aliphatic heterocycles. The van der Waals surface area contributed by atoms with Crippen molar-refractivity contribution in [2.45, 2.75) is 45.4 Å². The van der Waals surface area contributed by atoms with Crippen LogP contribution in [0.3, 0.4) is 0 Å². The second-order valence-corrected chi connectivity index (χ2v) is 8.93. The normalized spacial score (nSPS) is 15.0. The van der Waals surface area contributed by atoms with Gasteiger partial charge in [-0.3, -0.25) is 4.79 Å². The maximum Gasteiger partial charge on any atom is 0.242 e. The van der Waals surface area contributed by atoms with Crippen molar-refractivity contribution in [3.8, 4) is 5.88 Å². The molecule has 5 heterocycles. The third-order valence-corrected chi connectivity index (χ3v) is 7.08.